The lowest BCUT2D eigenvalue weighted by Crippen LogP contribution is -2.30. The second kappa shape index (κ2) is 4.77. The molecule has 0 spiro atoms. The third-order valence-corrected chi connectivity index (χ3v) is 4.10. The van der Waals surface area contributed by atoms with E-state index in [-0.39, 0.29) is 5.56 Å². The van der Waals surface area contributed by atoms with Crippen LogP contribution in [0.1, 0.15) is 29.6 Å². The van der Waals surface area contributed by atoms with Crippen LogP contribution in [0, 0.1) is 5.92 Å². The highest BCUT2D eigenvalue weighted by Crippen LogP contribution is 2.32. The summed E-state index contributed by atoms with van der Waals surface area (Å²) >= 11 is 0. The number of nitrogens with zero attached hydrogens (tertiary/aromatic N) is 4. The van der Waals surface area contributed by atoms with Crippen molar-refractivity contribution in [2.45, 2.75) is 19.3 Å². The molecule has 0 amide bonds. The second-order valence-electron chi connectivity index (χ2n) is 5.51. The summed E-state index contributed by atoms with van der Waals surface area (Å²) in [5, 5.41) is 14.4. The second-order valence-corrected chi connectivity index (χ2v) is 5.51. The van der Waals surface area contributed by atoms with Crippen LogP contribution in [0.25, 0.3) is 11.0 Å². The number of hydrogen-bond acceptors (Lipinski definition) is 4. The lowest BCUT2D eigenvalue weighted by atomic mass is 9.85. The molecule has 6 heteroatoms. The highest BCUT2D eigenvalue weighted by atomic mass is 16.4. The van der Waals surface area contributed by atoms with Gasteiger partial charge in [-0.05, 0) is 18.8 Å². The van der Waals surface area contributed by atoms with Crippen LogP contribution in [0.4, 0.5) is 5.69 Å². The number of fused-ring (bicyclic) bond motifs is 1. The van der Waals surface area contributed by atoms with Crippen molar-refractivity contribution in [2.24, 2.45) is 13.0 Å². The van der Waals surface area contributed by atoms with Crippen molar-refractivity contribution in [1.29, 1.82) is 0 Å². The first-order valence-corrected chi connectivity index (χ1v) is 6.83. The Hall–Kier alpha value is -2.11. The quantitative estimate of drug-likeness (QED) is 0.922. The van der Waals surface area contributed by atoms with Crippen molar-refractivity contribution in [3.63, 3.8) is 0 Å². The van der Waals surface area contributed by atoms with Gasteiger partial charge in [-0.3, -0.25) is 4.68 Å². The predicted octanol–water partition coefficient (Wildman–Crippen LogP) is 1.90. The number of carboxylic acid groups (broad SMARTS) is 1. The lowest BCUT2D eigenvalue weighted by Gasteiger charge is -2.32. The van der Waals surface area contributed by atoms with Crippen molar-refractivity contribution in [3.05, 3.63) is 18.0 Å². The van der Waals surface area contributed by atoms with E-state index in [1.165, 1.54) is 25.5 Å². The Morgan fingerprint density at radius 1 is 1.50 bits per heavy atom. The minimum absolute atomic E-state index is 0.243. The van der Waals surface area contributed by atoms with Crippen molar-refractivity contribution >= 4 is 22.7 Å². The first kappa shape index (κ1) is 12.9. The SMILES string of the molecule is CN(CC1CCC1)c1c(C(=O)O)cnc2c1cnn2C. The number of rotatable bonds is 4. The number of carboxylic acids is 1. The Morgan fingerprint density at radius 2 is 2.25 bits per heavy atom. The Bertz CT molecular complexity index is 660. The van der Waals surface area contributed by atoms with Crippen LogP contribution in [-0.4, -0.2) is 39.4 Å². The summed E-state index contributed by atoms with van der Waals surface area (Å²) in [5.41, 5.74) is 1.68. The van der Waals surface area contributed by atoms with Gasteiger partial charge in [-0.15, -0.1) is 0 Å². The van der Waals surface area contributed by atoms with Crippen molar-refractivity contribution < 1.29 is 9.90 Å². The van der Waals surface area contributed by atoms with Crippen LogP contribution >= 0.6 is 0 Å². The summed E-state index contributed by atoms with van der Waals surface area (Å²) < 4.78 is 1.67. The molecule has 2 heterocycles. The smallest absolute Gasteiger partial charge is 0.339 e. The van der Waals surface area contributed by atoms with Crippen LogP contribution in [0.3, 0.4) is 0 Å². The van der Waals surface area contributed by atoms with Crippen LogP contribution in [-0.2, 0) is 7.05 Å². The summed E-state index contributed by atoms with van der Waals surface area (Å²) in [6, 6.07) is 0. The molecule has 1 aliphatic carbocycles. The van der Waals surface area contributed by atoms with Crippen molar-refractivity contribution in [3.8, 4) is 0 Å². The molecule has 2 aromatic heterocycles. The molecule has 2 aromatic rings. The standard InChI is InChI=1S/C14H18N4O2/c1-17(8-9-4-3-5-9)12-10-7-16-18(2)13(10)15-6-11(12)14(19)20/h6-7,9H,3-5,8H2,1-2H3,(H,19,20). The predicted molar refractivity (Wildman–Crippen MR) is 76.1 cm³/mol. The molecule has 0 aliphatic heterocycles. The maximum atomic E-state index is 11.5. The van der Waals surface area contributed by atoms with Gasteiger partial charge in [0.1, 0.15) is 5.56 Å². The fourth-order valence-corrected chi connectivity index (χ4v) is 2.80. The average Bonchev–Trinajstić information content (AvgIpc) is 2.74. The molecule has 0 aromatic carbocycles. The molecular formula is C14H18N4O2. The number of aromatic carboxylic acids is 1. The molecule has 1 N–H and O–H groups in total. The Kier molecular flexibility index (Phi) is 3.08. The van der Waals surface area contributed by atoms with E-state index >= 15 is 0 Å². The average molecular weight is 274 g/mol. The van der Waals surface area contributed by atoms with Gasteiger partial charge in [0.15, 0.2) is 5.65 Å². The van der Waals surface area contributed by atoms with Gasteiger partial charge in [0, 0.05) is 26.8 Å². The highest BCUT2D eigenvalue weighted by molar-refractivity contribution is 6.03. The van der Waals surface area contributed by atoms with Crippen LogP contribution < -0.4 is 4.90 Å². The van der Waals surface area contributed by atoms with E-state index in [4.69, 9.17) is 0 Å². The summed E-state index contributed by atoms with van der Waals surface area (Å²) in [5.74, 6) is -0.278. The molecule has 0 bridgehead atoms. The zero-order valence-electron chi connectivity index (χ0n) is 11.7. The molecule has 3 rings (SSSR count). The van der Waals surface area contributed by atoms with Gasteiger partial charge in [0.05, 0.1) is 17.3 Å². The van der Waals surface area contributed by atoms with Gasteiger partial charge in [-0.25, -0.2) is 9.78 Å². The summed E-state index contributed by atoms with van der Waals surface area (Å²) in [6.07, 6.45) is 6.87. The molecule has 0 radical (unpaired) electrons. The van der Waals surface area contributed by atoms with Gasteiger partial charge >= 0.3 is 5.97 Å². The number of pyridine rings is 1. The molecule has 6 nitrogen and oxygen atoms in total. The van der Waals surface area contributed by atoms with Gasteiger partial charge < -0.3 is 10.0 Å². The maximum Gasteiger partial charge on any atom is 0.339 e. The normalized spacial score (nSPS) is 15.3. The van der Waals surface area contributed by atoms with Crippen LogP contribution in [0.15, 0.2) is 12.4 Å². The maximum absolute atomic E-state index is 11.5. The Morgan fingerprint density at radius 3 is 2.85 bits per heavy atom. The minimum Gasteiger partial charge on any atom is -0.478 e. The van der Waals surface area contributed by atoms with E-state index in [1.807, 2.05) is 19.0 Å². The van der Waals surface area contributed by atoms with Gasteiger partial charge in [-0.1, -0.05) is 6.42 Å². The molecule has 0 unspecified atom stereocenters. The van der Waals surface area contributed by atoms with Crippen molar-refractivity contribution in [2.75, 3.05) is 18.5 Å². The first-order valence-electron chi connectivity index (χ1n) is 6.83. The summed E-state index contributed by atoms with van der Waals surface area (Å²) in [7, 11) is 3.76. The van der Waals surface area contributed by atoms with E-state index < -0.39 is 5.97 Å². The molecule has 106 valence electrons. The number of anilines is 1. The number of carbonyl (C=O) groups is 1. The Labute approximate surface area is 117 Å². The van der Waals surface area contributed by atoms with Crippen LogP contribution in [0.2, 0.25) is 0 Å². The third-order valence-electron chi connectivity index (χ3n) is 4.10. The largest absolute Gasteiger partial charge is 0.478 e. The first-order chi connectivity index (χ1) is 9.58. The number of hydrogen-bond donors (Lipinski definition) is 1. The molecule has 0 saturated heterocycles. The zero-order chi connectivity index (χ0) is 14.3. The zero-order valence-corrected chi connectivity index (χ0v) is 11.7. The third kappa shape index (κ3) is 2.01. The van der Waals surface area contributed by atoms with Crippen LogP contribution in [0.5, 0.6) is 0 Å². The van der Waals surface area contributed by atoms with Gasteiger partial charge in [0.2, 0.25) is 0 Å². The monoisotopic (exact) mass is 274 g/mol. The van der Waals surface area contributed by atoms with E-state index in [2.05, 4.69) is 10.1 Å². The van der Waals surface area contributed by atoms with E-state index in [0.717, 1.165) is 17.6 Å². The van der Waals surface area contributed by atoms with Gasteiger partial charge in [0.25, 0.3) is 0 Å². The van der Waals surface area contributed by atoms with Crippen molar-refractivity contribution in [1.82, 2.24) is 14.8 Å². The molecule has 1 aliphatic rings. The van der Waals surface area contributed by atoms with E-state index in [0.29, 0.717) is 11.6 Å². The fourth-order valence-electron chi connectivity index (χ4n) is 2.80. The minimum atomic E-state index is -0.946. The Balaban J connectivity index is 2.08. The fraction of sp³-hybridized carbons (Fsp3) is 0.500. The van der Waals surface area contributed by atoms with E-state index in [1.54, 1.807) is 10.9 Å². The molecule has 20 heavy (non-hydrogen) atoms. The highest BCUT2D eigenvalue weighted by Gasteiger charge is 2.24. The molecule has 1 saturated carbocycles. The summed E-state index contributed by atoms with van der Waals surface area (Å²) in [4.78, 5) is 17.7. The number of aromatic nitrogens is 3. The van der Waals surface area contributed by atoms with Gasteiger partial charge in [-0.2, -0.15) is 5.10 Å². The molecular weight excluding hydrogens is 256 g/mol. The summed E-state index contributed by atoms with van der Waals surface area (Å²) in [6.45, 7) is 0.883. The molecule has 1 fully saturated rings. The number of aryl methyl sites for hydroxylation is 1. The topological polar surface area (TPSA) is 71.2 Å². The molecule has 0 atom stereocenters. The lowest BCUT2D eigenvalue weighted by molar-refractivity contribution is 0.0697. The van der Waals surface area contributed by atoms with E-state index in [9.17, 15) is 9.90 Å².